The number of aromatic nitrogens is 3. The number of carbonyl (C=O) groups excluding carboxylic acids is 1. The molecule has 10 nitrogen and oxygen atoms in total. The number of carboxylic acids is 1. The molecular weight excluding hydrogens is 428 g/mol. The van der Waals surface area contributed by atoms with Crippen LogP contribution in [0.4, 0.5) is 0 Å². The van der Waals surface area contributed by atoms with Crippen molar-refractivity contribution in [1.29, 1.82) is 0 Å². The van der Waals surface area contributed by atoms with Crippen LogP contribution in [0.2, 0.25) is 0 Å². The van der Waals surface area contributed by atoms with Gasteiger partial charge in [-0.2, -0.15) is 5.10 Å². The zero-order chi connectivity index (χ0) is 23.3. The number of rotatable bonds is 5. The Labute approximate surface area is 187 Å². The van der Waals surface area contributed by atoms with E-state index in [1.54, 1.807) is 55.6 Å². The quantitative estimate of drug-likeness (QED) is 0.476. The molecule has 0 bridgehead atoms. The molecule has 5 rings (SSSR count). The van der Waals surface area contributed by atoms with E-state index in [0.29, 0.717) is 40.1 Å². The zero-order valence-electron chi connectivity index (χ0n) is 17.8. The predicted octanol–water partition coefficient (Wildman–Crippen LogP) is 2.44. The van der Waals surface area contributed by atoms with Crippen LogP contribution in [0.1, 0.15) is 22.7 Å². The average molecular weight is 448 g/mol. The highest BCUT2D eigenvalue weighted by molar-refractivity contribution is 6.02. The molecule has 0 spiro atoms. The first-order valence-electron chi connectivity index (χ1n) is 10.2. The van der Waals surface area contributed by atoms with Crippen molar-refractivity contribution in [3.8, 4) is 22.7 Å². The van der Waals surface area contributed by atoms with Crippen LogP contribution in [-0.4, -0.2) is 62.6 Å². The number of fused-ring (bicyclic) bond motifs is 1. The van der Waals surface area contributed by atoms with Gasteiger partial charge in [0.25, 0.3) is 5.91 Å². The van der Waals surface area contributed by atoms with E-state index in [1.165, 1.54) is 16.7 Å². The lowest BCUT2D eigenvalue weighted by Crippen LogP contribution is -2.35. The van der Waals surface area contributed by atoms with E-state index in [4.69, 9.17) is 9.26 Å². The Bertz CT molecular complexity index is 1410. The molecule has 0 radical (unpaired) electrons. The molecule has 10 heteroatoms. The van der Waals surface area contributed by atoms with Crippen LogP contribution in [0.3, 0.4) is 0 Å². The van der Waals surface area contributed by atoms with Crippen LogP contribution in [0.5, 0.6) is 5.75 Å². The van der Waals surface area contributed by atoms with Crippen molar-refractivity contribution in [2.75, 3.05) is 20.7 Å². The Balaban J connectivity index is 1.57. The van der Waals surface area contributed by atoms with E-state index in [-0.39, 0.29) is 17.9 Å². The molecule has 2 aromatic heterocycles. The summed E-state index contributed by atoms with van der Waals surface area (Å²) in [5, 5.41) is 29.2. The maximum absolute atomic E-state index is 12.4. The molecule has 0 aliphatic carbocycles. The summed E-state index contributed by atoms with van der Waals surface area (Å²) >= 11 is 0. The second-order valence-electron chi connectivity index (χ2n) is 7.91. The minimum Gasteiger partial charge on any atom is -0.497 e. The first kappa shape index (κ1) is 20.7. The number of aromatic carboxylic acids is 1. The second kappa shape index (κ2) is 7.45. The highest BCUT2D eigenvalue weighted by Gasteiger charge is 2.48. The van der Waals surface area contributed by atoms with Gasteiger partial charge in [-0.15, -0.1) is 0 Å². The smallest absolute Gasteiger partial charge is 0.357 e. The number of carboxylic acid groups (broad SMARTS) is 1. The zero-order valence-corrected chi connectivity index (χ0v) is 17.8. The summed E-state index contributed by atoms with van der Waals surface area (Å²) in [6, 6.07) is 13.8. The molecule has 0 unspecified atom stereocenters. The number of benzene rings is 2. The van der Waals surface area contributed by atoms with Crippen LogP contribution in [0, 0.1) is 0 Å². The maximum Gasteiger partial charge on any atom is 0.357 e. The van der Waals surface area contributed by atoms with Crippen molar-refractivity contribution in [3.05, 3.63) is 60.0 Å². The minimum absolute atomic E-state index is 0.0852. The Morgan fingerprint density at radius 1 is 1.21 bits per heavy atom. The summed E-state index contributed by atoms with van der Waals surface area (Å²) in [5.41, 5.74) is 0.461. The van der Waals surface area contributed by atoms with E-state index in [0.717, 1.165) is 0 Å². The number of hydrogen-bond acceptors (Lipinski definition) is 7. The molecule has 33 heavy (non-hydrogen) atoms. The third-order valence-electron chi connectivity index (χ3n) is 5.90. The second-order valence-corrected chi connectivity index (χ2v) is 7.91. The molecule has 0 saturated carbocycles. The number of likely N-dealkylation sites (tertiary alicyclic amines) is 1. The van der Waals surface area contributed by atoms with Gasteiger partial charge in [-0.3, -0.25) is 4.79 Å². The number of ether oxygens (including phenoxy) is 1. The summed E-state index contributed by atoms with van der Waals surface area (Å²) in [6.45, 7) is 0.421. The lowest BCUT2D eigenvalue weighted by Gasteiger charge is -2.16. The summed E-state index contributed by atoms with van der Waals surface area (Å²) in [6.07, 6.45) is 0.220. The predicted molar refractivity (Wildman–Crippen MR) is 116 cm³/mol. The van der Waals surface area contributed by atoms with E-state index in [2.05, 4.69) is 10.3 Å². The van der Waals surface area contributed by atoms with E-state index in [1.807, 2.05) is 0 Å². The third kappa shape index (κ3) is 3.23. The topological polar surface area (TPSA) is 131 Å². The van der Waals surface area contributed by atoms with Gasteiger partial charge >= 0.3 is 5.97 Å². The molecule has 2 N–H and O–H groups in total. The average Bonchev–Trinajstić information content (AvgIpc) is 3.53. The minimum atomic E-state index is -1.73. The lowest BCUT2D eigenvalue weighted by molar-refractivity contribution is -0.144. The van der Waals surface area contributed by atoms with E-state index in [9.17, 15) is 19.8 Å². The molecule has 2 aromatic carbocycles. The fourth-order valence-electron chi connectivity index (χ4n) is 4.06. The van der Waals surface area contributed by atoms with Crippen LogP contribution in [0.25, 0.3) is 27.8 Å². The van der Waals surface area contributed by atoms with Gasteiger partial charge in [0.2, 0.25) is 5.60 Å². The van der Waals surface area contributed by atoms with Crippen molar-refractivity contribution >= 4 is 22.8 Å². The van der Waals surface area contributed by atoms with Crippen LogP contribution in [-0.2, 0) is 10.4 Å². The normalized spacial score (nSPS) is 18.3. The molecule has 1 atom stereocenters. The fraction of sp³-hybridized carbons (Fsp3) is 0.217. The maximum atomic E-state index is 12.4. The van der Waals surface area contributed by atoms with Gasteiger partial charge in [-0.1, -0.05) is 17.3 Å². The van der Waals surface area contributed by atoms with Crippen LogP contribution < -0.4 is 4.74 Å². The molecule has 1 saturated heterocycles. The number of aliphatic hydroxyl groups is 1. The molecule has 1 aliphatic heterocycles. The van der Waals surface area contributed by atoms with E-state index < -0.39 is 17.5 Å². The Morgan fingerprint density at radius 3 is 2.73 bits per heavy atom. The molecule has 168 valence electrons. The fourth-order valence-corrected chi connectivity index (χ4v) is 4.06. The van der Waals surface area contributed by atoms with Crippen molar-refractivity contribution in [2.24, 2.45) is 0 Å². The Morgan fingerprint density at radius 2 is 2.03 bits per heavy atom. The summed E-state index contributed by atoms with van der Waals surface area (Å²) in [5.74, 6) is -0.970. The molecular formula is C23H20N4O6. The van der Waals surface area contributed by atoms with Gasteiger partial charge in [-0.25, -0.2) is 9.48 Å². The number of methoxy groups -OCH3 is 1. The highest BCUT2D eigenvalue weighted by Crippen LogP contribution is 2.35. The van der Waals surface area contributed by atoms with Crippen LogP contribution in [0.15, 0.2) is 53.1 Å². The number of carbonyl (C=O) groups is 2. The Kier molecular flexibility index (Phi) is 4.68. The standard InChI is InChI=1S/C23H20N4O6/c1-26-9-8-23(31,22(26)30)19-12-17(25-33-19)13-4-3-5-14(10-13)27-18-7-6-15(32-2)11-16(18)20(24-27)21(28)29/h3-7,10-12,31H,8-9H2,1-2H3,(H,28,29)/t23-/m1/s1. The molecule has 1 aliphatic rings. The van der Waals surface area contributed by atoms with Crippen molar-refractivity contribution in [2.45, 2.75) is 12.0 Å². The first-order chi connectivity index (χ1) is 15.8. The summed E-state index contributed by atoms with van der Waals surface area (Å²) in [7, 11) is 3.13. The third-order valence-corrected chi connectivity index (χ3v) is 5.90. The van der Waals surface area contributed by atoms with Gasteiger partial charge < -0.3 is 24.4 Å². The molecule has 3 heterocycles. The van der Waals surface area contributed by atoms with E-state index >= 15 is 0 Å². The number of nitrogens with zero attached hydrogens (tertiary/aromatic N) is 4. The van der Waals surface area contributed by atoms with Gasteiger partial charge in [0.15, 0.2) is 11.5 Å². The summed E-state index contributed by atoms with van der Waals surface area (Å²) in [4.78, 5) is 25.6. The lowest BCUT2D eigenvalue weighted by atomic mass is 9.98. The molecule has 1 fully saturated rings. The van der Waals surface area contributed by atoms with Gasteiger partial charge in [-0.05, 0) is 30.3 Å². The first-order valence-corrected chi connectivity index (χ1v) is 10.2. The highest BCUT2D eigenvalue weighted by atomic mass is 16.5. The molecule has 4 aromatic rings. The SMILES string of the molecule is COc1ccc2c(c1)c(C(=O)O)nn2-c1cccc(-c2cc([C@]3(O)CCN(C)C3=O)on2)c1. The summed E-state index contributed by atoms with van der Waals surface area (Å²) < 4.78 is 12.1. The number of hydrogen-bond donors (Lipinski definition) is 2. The monoisotopic (exact) mass is 448 g/mol. The Hall–Kier alpha value is -4.18. The van der Waals surface area contributed by atoms with Crippen LogP contribution >= 0.6 is 0 Å². The largest absolute Gasteiger partial charge is 0.497 e. The van der Waals surface area contributed by atoms with Crippen molar-refractivity contribution in [1.82, 2.24) is 19.8 Å². The van der Waals surface area contributed by atoms with Gasteiger partial charge in [0, 0.05) is 37.0 Å². The van der Waals surface area contributed by atoms with Crippen molar-refractivity contribution in [3.63, 3.8) is 0 Å². The molecule has 1 amide bonds. The van der Waals surface area contributed by atoms with Gasteiger partial charge in [0.1, 0.15) is 11.4 Å². The van der Waals surface area contributed by atoms with Crippen molar-refractivity contribution < 1.29 is 29.1 Å². The van der Waals surface area contributed by atoms with Gasteiger partial charge in [0.05, 0.1) is 18.3 Å². The number of likely N-dealkylation sites (N-methyl/N-ethyl adjacent to an activating group) is 1. The number of amides is 1.